The molecule has 1 aromatic rings. The van der Waals surface area contributed by atoms with Crippen molar-refractivity contribution < 1.29 is 4.52 Å². The first-order chi connectivity index (χ1) is 18.9. The van der Waals surface area contributed by atoms with E-state index in [0.29, 0.717) is 6.04 Å². The maximum atomic E-state index is 7.36. The molecule has 1 atom stereocenters. The summed E-state index contributed by atoms with van der Waals surface area (Å²) in [5.41, 5.74) is 7.00. The number of rotatable bonds is 8. The van der Waals surface area contributed by atoms with Crippen molar-refractivity contribution in [2.24, 2.45) is 0 Å². The highest BCUT2D eigenvalue weighted by Crippen LogP contribution is 2.61. The molecule has 5 aliphatic rings. The number of nitrogens with zero attached hydrogens (tertiary/aromatic N) is 1. The van der Waals surface area contributed by atoms with Crippen LogP contribution in [0.15, 0.2) is 24.3 Å². The minimum Gasteiger partial charge on any atom is -0.357 e. The lowest BCUT2D eigenvalue weighted by Crippen LogP contribution is -2.44. The smallest absolute Gasteiger partial charge is 0.0671 e. The van der Waals surface area contributed by atoms with E-state index in [1.165, 1.54) is 141 Å². The molecule has 212 valence electrons. The van der Waals surface area contributed by atoms with E-state index in [1.54, 1.807) is 11.1 Å². The topological polar surface area (TPSA) is 12.5 Å². The minimum absolute atomic E-state index is 0.0782. The molecular weight excluding hydrogens is 500 g/mol. The van der Waals surface area contributed by atoms with E-state index >= 15 is 0 Å². The summed E-state index contributed by atoms with van der Waals surface area (Å²) in [5, 5.41) is 0. The van der Waals surface area contributed by atoms with Gasteiger partial charge in [-0.2, -0.15) is 0 Å². The Morgan fingerprint density at radius 2 is 1.03 bits per heavy atom. The lowest BCUT2D eigenvalue weighted by Gasteiger charge is -2.50. The van der Waals surface area contributed by atoms with Crippen LogP contribution in [-0.2, 0) is 17.5 Å². The highest BCUT2D eigenvalue weighted by atomic mass is 31.1. The van der Waals surface area contributed by atoms with Crippen molar-refractivity contribution in [3.8, 4) is 0 Å². The van der Waals surface area contributed by atoms with E-state index in [-0.39, 0.29) is 16.2 Å². The average Bonchev–Trinajstić information content (AvgIpc) is 3.00. The molecule has 4 heteroatoms. The molecule has 0 saturated heterocycles. The van der Waals surface area contributed by atoms with Crippen LogP contribution >= 0.6 is 16.2 Å². The molecular formula is C34H55NOP2. The van der Waals surface area contributed by atoms with Gasteiger partial charge in [0, 0.05) is 32.1 Å². The Bertz CT molecular complexity index is 803. The van der Waals surface area contributed by atoms with Crippen LogP contribution in [0, 0.1) is 0 Å². The van der Waals surface area contributed by atoms with Crippen LogP contribution in [0.2, 0.25) is 0 Å². The number of hydrogen-bond acceptors (Lipinski definition) is 2. The second-order valence-electron chi connectivity index (χ2n) is 13.4. The predicted octanol–water partition coefficient (Wildman–Crippen LogP) is 10.6. The largest absolute Gasteiger partial charge is 0.357 e. The van der Waals surface area contributed by atoms with Crippen LogP contribution in [0.3, 0.4) is 0 Å². The van der Waals surface area contributed by atoms with E-state index in [0.717, 1.165) is 29.2 Å². The van der Waals surface area contributed by atoms with Gasteiger partial charge in [-0.1, -0.05) is 101 Å². The van der Waals surface area contributed by atoms with Gasteiger partial charge < -0.3 is 4.52 Å². The number of hydrogen-bond donors (Lipinski definition) is 0. The summed E-state index contributed by atoms with van der Waals surface area (Å²) >= 11 is 0. The number of fused-ring (bicyclic) bond motifs is 1. The maximum absolute atomic E-state index is 7.36. The molecule has 0 aromatic heterocycles. The van der Waals surface area contributed by atoms with E-state index in [2.05, 4.69) is 28.9 Å². The van der Waals surface area contributed by atoms with Crippen LogP contribution in [0.5, 0.6) is 0 Å². The molecule has 4 saturated carbocycles. The fraction of sp³-hybridized carbons (Fsp3) is 0.824. The van der Waals surface area contributed by atoms with Crippen molar-refractivity contribution in [1.29, 1.82) is 0 Å². The van der Waals surface area contributed by atoms with Crippen LogP contribution in [0.1, 0.15) is 140 Å². The highest BCUT2D eigenvalue weighted by molar-refractivity contribution is 7.56. The second-order valence-corrected chi connectivity index (χ2v) is 18.6. The van der Waals surface area contributed by atoms with Crippen LogP contribution in [-0.4, -0.2) is 40.0 Å². The molecule has 0 spiro atoms. The van der Waals surface area contributed by atoms with Crippen molar-refractivity contribution >= 4 is 16.2 Å². The third-order valence-electron chi connectivity index (χ3n) is 10.8. The normalized spacial score (nSPS) is 27.7. The first kappa shape index (κ1) is 28.1. The van der Waals surface area contributed by atoms with Gasteiger partial charge in [0.05, 0.1) is 6.61 Å². The summed E-state index contributed by atoms with van der Waals surface area (Å²) in [5.74, 6) is 0. The zero-order valence-electron chi connectivity index (χ0n) is 24.2. The third-order valence-corrected chi connectivity index (χ3v) is 17.3. The molecule has 2 nitrogen and oxygen atoms in total. The van der Waals surface area contributed by atoms with Crippen molar-refractivity contribution in [3.05, 3.63) is 35.4 Å². The molecule has 1 heterocycles. The average molecular weight is 556 g/mol. The lowest BCUT2D eigenvalue weighted by molar-refractivity contribution is 0.197. The van der Waals surface area contributed by atoms with Crippen molar-refractivity contribution in [1.82, 2.24) is 4.67 Å². The Morgan fingerprint density at radius 3 is 1.53 bits per heavy atom. The fourth-order valence-electron chi connectivity index (χ4n) is 8.75. The Morgan fingerprint density at radius 1 is 0.579 bits per heavy atom. The maximum Gasteiger partial charge on any atom is 0.0671 e. The van der Waals surface area contributed by atoms with E-state index < -0.39 is 0 Å². The van der Waals surface area contributed by atoms with E-state index in [4.69, 9.17) is 4.52 Å². The molecule has 4 fully saturated rings. The van der Waals surface area contributed by atoms with E-state index in [9.17, 15) is 0 Å². The molecule has 0 radical (unpaired) electrons. The van der Waals surface area contributed by atoms with Gasteiger partial charge in [0.15, 0.2) is 0 Å². The SMILES string of the molecule is c1ccc2c(c1)C[C@H](COP(C1CCCCC1)C1CCCCC1)N(P(C1CCCCC1)C1CCCCC1)C2. The van der Waals surface area contributed by atoms with Gasteiger partial charge in [0.25, 0.3) is 0 Å². The Kier molecular flexibility index (Phi) is 10.6. The number of benzene rings is 1. The van der Waals surface area contributed by atoms with Crippen LogP contribution in [0.25, 0.3) is 0 Å². The molecule has 1 aromatic carbocycles. The summed E-state index contributed by atoms with van der Waals surface area (Å²) < 4.78 is 10.5. The molecule has 0 bridgehead atoms. The zero-order chi connectivity index (χ0) is 25.6. The summed E-state index contributed by atoms with van der Waals surface area (Å²) in [6.45, 7) is 2.22. The Labute approximate surface area is 237 Å². The standard InChI is InChI=1S/C34H55NOP2/c1-5-17-31(18-6-1)37(32-19-7-2-8-20-32)35-26-29-16-14-13-15-28(29)25-30(35)27-36-38(33-21-9-3-10-22-33)34-23-11-4-12-24-34/h13-16,30-34H,1-12,17-27H2/t30-/m1/s1. The second kappa shape index (κ2) is 14.3. The van der Waals surface area contributed by atoms with Gasteiger partial charge in [0.1, 0.15) is 0 Å². The molecule has 0 amide bonds. The minimum atomic E-state index is -0.276. The predicted molar refractivity (Wildman–Crippen MR) is 167 cm³/mol. The van der Waals surface area contributed by atoms with Gasteiger partial charge in [-0.15, -0.1) is 0 Å². The van der Waals surface area contributed by atoms with Gasteiger partial charge >= 0.3 is 0 Å². The summed E-state index contributed by atoms with van der Waals surface area (Å²) in [7, 11) is -0.354. The Balaban J connectivity index is 1.25. The first-order valence-electron chi connectivity index (χ1n) is 16.9. The third kappa shape index (κ3) is 6.89. The molecule has 0 N–H and O–H groups in total. The molecule has 1 aliphatic heterocycles. The van der Waals surface area contributed by atoms with Crippen molar-refractivity contribution in [3.63, 3.8) is 0 Å². The van der Waals surface area contributed by atoms with Crippen molar-refractivity contribution in [2.75, 3.05) is 6.61 Å². The summed E-state index contributed by atoms with van der Waals surface area (Å²) in [6.07, 6.45) is 30.7. The lowest BCUT2D eigenvalue weighted by atomic mass is 9.96. The molecule has 38 heavy (non-hydrogen) atoms. The summed E-state index contributed by atoms with van der Waals surface area (Å²) in [6, 6.07) is 10.1. The highest BCUT2D eigenvalue weighted by Gasteiger charge is 2.41. The van der Waals surface area contributed by atoms with Gasteiger partial charge in [0.2, 0.25) is 0 Å². The van der Waals surface area contributed by atoms with Crippen LogP contribution in [0.4, 0.5) is 0 Å². The van der Waals surface area contributed by atoms with Crippen molar-refractivity contribution in [2.45, 2.75) is 170 Å². The van der Waals surface area contributed by atoms with Gasteiger partial charge in [-0.3, -0.25) is 4.67 Å². The molecule has 6 rings (SSSR count). The monoisotopic (exact) mass is 555 g/mol. The van der Waals surface area contributed by atoms with Crippen LogP contribution < -0.4 is 0 Å². The Hall–Kier alpha value is -0.0000000000000000555. The fourth-order valence-corrected chi connectivity index (χ4v) is 15.9. The van der Waals surface area contributed by atoms with Gasteiger partial charge in [-0.25, -0.2) is 0 Å². The first-order valence-corrected chi connectivity index (χ1v) is 19.7. The molecule has 4 aliphatic carbocycles. The van der Waals surface area contributed by atoms with E-state index in [1.807, 2.05) is 0 Å². The quantitative estimate of drug-likeness (QED) is 0.296. The summed E-state index contributed by atoms with van der Waals surface area (Å²) in [4.78, 5) is 0. The van der Waals surface area contributed by atoms with Gasteiger partial charge in [-0.05, 0) is 88.3 Å². The zero-order valence-corrected chi connectivity index (χ0v) is 26.0. The molecule has 0 unspecified atom stereocenters.